The Labute approximate surface area is 143 Å². The summed E-state index contributed by atoms with van der Waals surface area (Å²) in [5.41, 5.74) is 1.83. The van der Waals surface area contributed by atoms with Crippen LogP contribution < -0.4 is 14.2 Å². The summed E-state index contributed by atoms with van der Waals surface area (Å²) in [5.74, 6) is 0.626. The molecule has 2 aromatic heterocycles. The monoisotopic (exact) mass is 343 g/mol. The molecule has 2 heterocycles. The van der Waals surface area contributed by atoms with Gasteiger partial charge in [-0.3, -0.25) is 0 Å². The van der Waals surface area contributed by atoms with Gasteiger partial charge in [0.2, 0.25) is 5.75 Å². The average molecular weight is 343 g/mol. The highest BCUT2D eigenvalue weighted by Gasteiger charge is 2.18. The number of carbonyl (C=O) groups is 1. The maximum Gasteiger partial charge on any atom is 0.338 e. The number of hydrogen-bond donors (Lipinski definition) is 0. The molecule has 0 aliphatic carbocycles. The summed E-state index contributed by atoms with van der Waals surface area (Å²) in [6, 6.07) is 8.68. The van der Waals surface area contributed by atoms with Gasteiger partial charge in [-0.15, -0.1) is 0 Å². The van der Waals surface area contributed by atoms with Gasteiger partial charge in [0.1, 0.15) is 12.9 Å². The van der Waals surface area contributed by atoms with Crippen molar-refractivity contribution in [1.29, 1.82) is 0 Å². The maximum atomic E-state index is 11.8. The van der Waals surface area contributed by atoms with Crippen LogP contribution in [0.2, 0.25) is 0 Å². The molecule has 3 rings (SSSR count). The van der Waals surface area contributed by atoms with Crippen molar-refractivity contribution in [2.45, 2.75) is 6.61 Å². The van der Waals surface area contributed by atoms with E-state index in [1.165, 1.54) is 27.7 Å². The van der Waals surface area contributed by atoms with E-state index in [9.17, 15) is 4.79 Å². The number of aromatic nitrogens is 3. The number of pyridine rings is 1. The molecule has 0 radical (unpaired) electrons. The molecule has 0 spiro atoms. The van der Waals surface area contributed by atoms with Crippen LogP contribution in [0.3, 0.4) is 0 Å². The minimum absolute atomic E-state index is 0.213. The molecule has 130 valence electrons. The zero-order valence-corrected chi connectivity index (χ0v) is 14.1. The molecule has 0 aliphatic rings. The number of nitrogens with zero attached hydrogens (tertiary/aromatic N) is 3. The number of fused-ring (bicyclic) bond motifs is 1. The summed E-state index contributed by atoms with van der Waals surface area (Å²) < 4.78 is 23.0. The zero-order chi connectivity index (χ0) is 17.8. The minimum atomic E-state index is -0.490. The van der Waals surface area contributed by atoms with Crippen molar-refractivity contribution < 1.29 is 23.7 Å². The smallest absolute Gasteiger partial charge is 0.338 e. The number of carbonyl (C=O) groups excluding carboxylic acids is 1. The number of rotatable bonds is 6. The van der Waals surface area contributed by atoms with Crippen LogP contribution in [-0.2, 0) is 11.3 Å². The third-order valence-electron chi connectivity index (χ3n) is 3.63. The van der Waals surface area contributed by atoms with Gasteiger partial charge >= 0.3 is 5.97 Å². The average Bonchev–Trinajstić information content (AvgIpc) is 3.14. The lowest BCUT2D eigenvalue weighted by Gasteiger charge is -2.16. The normalized spacial score (nSPS) is 10.5. The van der Waals surface area contributed by atoms with Crippen LogP contribution in [-0.4, -0.2) is 41.9 Å². The fourth-order valence-corrected chi connectivity index (χ4v) is 2.41. The first-order valence-corrected chi connectivity index (χ1v) is 7.42. The van der Waals surface area contributed by atoms with E-state index in [0.717, 1.165) is 11.3 Å². The maximum absolute atomic E-state index is 11.8. The quantitative estimate of drug-likeness (QED) is 0.634. The van der Waals surface area contributed by atoms with Gasteiger partial charge in [0.05, 0.1) is 32.6 Å². The first kappa shape index (κ1) is 16.6. The molecule has 0 bridgehead atoms. The van der Waals surface area contributed by atoms with Gasteiger partial charge in [-0.1, -0.05) is 6.07 Å². The van der Waals surface area contributed by atoms with Crippen LogP contribution in [0.1, 0.15) is 16.1 Å². The first-order valence-electron chi connectivity index (χ1n) is 7.42. The molecule has 0 N–H and O–H groups in total. The highest BCUT2D eigenvalue weighted by molar-refractivity contribution is 5.91. The summed E-state index contributed by atoms with van der Waals surface area (Å²) in [7, 11) is 4.28. The van der Waals surface area contributed by atoms with E-state index in [0.29, 0.717) is 22.8 Å². The van der Waals surface area contributed by atoms with Crippen molar-refractivity contribution in [3.63, 3.8) is 0 Å². The number of benzene rings is 1. The predicted octanol–water partition coefficient (Wildman–Crippen LogP) is 2.11. The highest BCUT2D eigenvalue weighted by atomic mass is 16.5. The van der Waals surface area contributed by atoms with Crippen molar-refractivity contribution in [1.82, 2.24) is 14.6 Å². The molecule has 3 aromatic rings. The van der Waals surface area contributed by atoms with Crippen LogP contribution in [0.25, 0.3) is 5.65 Å². The lowest BCUT2D eigenvalue weighted by atomic mass is 10.2. The van der Waals surface area contributed by atoms with E-state index >= 15 is 0 Å². The standard InChI is InChI=1S/C17H17N3O5/c1-22-13-7-11(17(21)24-3)8-14(23-2)16(13)25-9-12-5-4-6-15-18-10-19-20(12)15/h4-8,10H,9H2,1-3H3. The Kier molecular flexibility index (Phi) is 4.69. The van der Waals surface area contributed by atoms with E-state index in [-0.39, 0.29) is 6.61 Å². The largest absolute Gasteiger partial charge is 0.493 e. The Balaban J connectivity index is 1.93. The lowest BCUT2D eigenvalue weighted by Crippen LogP contribution is -2.07. The SMILES string of the molecule is COC(=O)c1cc(OC)c(OCc2cccc3ncnn23)c(OC)c1. The fourth-order valence-electron chi connectivity index (χ4n) is 2.41. The zero-order valence-electron chi connectivity index (χ0n) is 14.1. The van der Waals surface area contributed by atoms with Crippen molar-refractivity contribution in [3.05, 3.63) is 47.9 Å². The molecule has 0 unspecified atom stereocenters. The number of esters is 1. The molecule has 0 saturated carbocycles. The molecule has 25 heavy (non-hydrogen) atoms. The van der Waals surface area contributed by atoms with Gasteiger partial charge in [-0.2, -0.15) is 5.10 Å². The van der Waals surface area contributed by atoms with E-state index in [1.54, 1.807) is 16.6 Å². The van der Waals surface area contributed by atoms with Gasteiger partial charge in [0.25, 0.3) is 0 Å². The van der Waals surface area contributed by atoms with Crippen LogP contribution in [0.5, 0.6) is 17.2 Å². The van der Waals surface area contributed by atoms with Crippen LogP contribution in [0, 0.1) is 0 Å². The summed E-state index contributed by atoms with van der Waals surface area (Å²) in [6.07, 6.45) is 1.48. The van der Waals surface area contributed by atoms with Gasteiger partial charge in [-0.25, -0.2) is 14.3 Å². The summed E-state index contributed by atoms with van der Waals surface area (Å²) in [6.45, 7) is 0.213. The number of hydrogen-bond acceptors (Lipinski definition) is 7. The van der Waals surface area contributed by atoms with Crippen LogP contribution >= 0.6 is 0 Å². The predicted molar refractivity (Wildman–Crippen MR) is 88.2 cm³/mol. The molecule has 0 fully saturated rings. The number of ether oxygens (including phenoxy) is 4. The van der Waals surface area contributed by atoms with Gasteiger partial charge in [0.15, 0.2) is 17.1 Å². The van der Waals surface area contributed by atoms with Crippen LogP contribution in [0.15, 0.2) is 36.7 Å². The summed E-state index contributed by atoms with van der Waals surface area (Å²) in [4.78, 5) is 15.9. The highest BCUT2D eigenvalue weighted by Crippen LogP contribution is 2.39. The summed E-state index contributed by atoms with van der Waals surface area (Å²) >= 11 is 0. The lowest BCUT2D eigenvalue weighted by molar-refractivity contribution is 0.0599. The number of methoxy groups -OCH3 is 3. The van der Waals surface area contributed by atoms with Gasteiger partial charge in [-0.05, 0) is 24.3 Å². The molecule has 8 heteroatoms. The van der Waals surface area contributed by atoms with Crippen molar-refractivity contribution in [3.8, 4) is 17.2 Å². The summed E-state index contributed by atoms with van der Waals surface area (Å²) in [5, 5.41) is 4.17. The molecule has 0 amide bonds. The Morgan fingerprint density at radius 2 is 1.84 bits per heavy atom. The molecule has 8 nitrogen and oxygen atoms in total. The molecule has 0 atom stereocenters. The van der Waals surface area contributed by atoms with E-state index < -0.39 is 5.97 Å². The third kappa shape index (κ3) is 3.18. The second kappa shape index (κ2) is 7.08. The second-order valence-corrected chi connectivity index (χ2v) is 5.04. The Morgan fingerprint density at radius 1 is 1.12 bits per heavy atom. The molecule has 1 aromatic carbocycles. The third-order valence-corrected chi connectivity index (χ3v) is 3.63. The molecule has 0 aliphatic heterocycles. The van der Waals surface area contributed by atoms with Crippen molar-refractivity contribution in [2.24, 2.45) is 0 Å². The van der Waals surface area contributed by atoms with Crippen LogP contribution in [0.4, 0.5) is 0 Å². The molecular weight excluding hydrogens is 326 g/mol. The topological polar surface area (TPSA) is 84.2 Å². The van der Waals surface area contributed by atoms with Crippen molar-refractivity contribution in [2.75, 3.05) is 21.3 Å². The Bertz CT molecular complexity index is 881. The van der Waals surface area contributed by atoms with Gasteiger partial charge < -0.3 is 18.9 Å². The van der Waals surface area contributed by atoms with Crippen molar-refractivity contribution >= 4 is 11.6 Å². The minimum Gasteiger partial charge on any atom is -0.493 e. The Morgan fingerprint density at radius 3 is 2.48 bits per heavy atom. The second-order valence-electron chi connectivity index (χ2n) is 5.04. The Hall–Kier alpha value is -3.29. The van der Waals surface area contributed by atoms with Gasteiger partial charge in [0, 0.05) is 0 Å². The fraction of sp³-hybridized carbons (Fsp3) is 0.235. The molecular formula is C17H17N3O5. The van der Waals surface area contributed by atoms with E-state index in [1.807, 2.05) is 18.2 Å². The van der Waals surface area contributed by atoms with E-state index in [2.05, 4.69) is 10.1 Å². The molecule has 0 saturated heterocycles. The first-order chi connectivity index (χ1) is 12.2. The van der Waals surface area contributed by atoms with E-state index in [4.69, 9.17) is 18.9 Å².